The van der Waals surface area contributed by atoms with Gasteiger partial charge in [0.15, 0.2) is 0 Å². The zero-order valence-corrected chi connectivity index (χ0v) is 15.1. The Morgan fingerprint density at radius 1 is 1.07 bits per heavy atom. The first-order chi connectivity index (χ1) is 13.3. The third kappa shape index (κ3) is 4.39. The zero-order chi connectivity index (χ0) is 20.3. The fraction of sp³-hybridized carbons (Fsp3) is 0.105. The Bertz CT molecular complexity index is 1050. The Kier molecular flexibility index (Phi) is 5.16. The lowest BCUT2D eigenvalue weighted by Crippen LogP contribution is -2.12. The van der Waals surface area contributed by atoms with Crippen LogP contribution in [0, 0.1) is 24.0 Å². The molecule has 0 radical (unpaired) electrons. The third-order valence-corrected chi connectivity index (χ3v) is 3.80. The van der Waals surface area contributed by atoms with Crippen LogP contribution in [-0.4, -0.2) is 25.9 Å². The van der Waals surface area contributed by atoms with Crippen molar-refractivity contribution >= 4 is 28.9 Å². The molecule has 3 rings (SSSR count). The van der Waals surface area contributed by atoms with Gasteiger partial charge in [0, 0.05) is 34.8 Å². The maximum absolute atomic E-state index is 12.5. The number of nitro groups is 1. The van der Waals surface area contributed by atoms with Gasteiger partial charge in [0.2, 0.25) is 5.95 Å². The molecule has 3 aromatic rings. The highest BCUT2D eigenvalue weighted by molar-refractivity contribution is 6.05. The molecule has 0 aliphatic heterocycles. The molecule has 2 aromatic carbocycles. The summed E-state index contributed by atoms with van der Waals surface area (Å²) in [6.45, 7) is 3.71. The molecule has 0 unspecified atom stereocenters. The summed E-state index contributed by atoms with van der Waals surface area (Å²) in [5.41, 5.74) is 2.22. The summed E-state index contributed by atoms with van der Waals surface area (Å²) in [6, 6.07) is 11.8. The number of hydrogen-bond acceptors (Lipinski definition) is 7. The van der Waals surface area contributed by atoms with E-state index in [9.17, 15) is 20.0 Å². The molecule has 0 fully saturated rings. The number of nitrogens with zero attached hydrogens (tertiary/aromatic N) is 3. The normalized spacial score (nSPS) is 10.4. The second-order valence-electron chi connectivity index (χ2n) is 6.09. The molecule has 0 saturated heterocycles. The van der Waals surface area contributed by atoms with Gasteiger partial charge in [-0.25, -0.2) is 9.97 Å². The van der Waals surface area contributed by atoms with Crippen LogP contribution in [0.3, 0.4) is 0 Å². The van der Waals surface area contributed by atoms with E-state index in [0.717, 1.165) is 29.6 Å². The SMILES string of the molecule is Cc1cc(C)nc(Nc2cccc(C(=O)Nc3cc([N+](=O)[O-])ccc3O)c2)n1. The number of non-ortho nitro benzene ring substituents is 1. The standard InChI is InChI=1S/C19H17N5O4/c1-11-8-12(2)21-19(20-11)22-14-5-3-4-13(9-14)18(26)23-16-10-15(24(27)28)6-7-17(16)25/h3-10,25H,1-2H3,(H,23,26)(H,20,21,22). The van der Waals surface area contributed by atoms with Gasteiger partial charge in [-0.1, -0.05) is 6.07 Å². The average molecular weight is 379 g/mol. The minimum atomic E-state index is -0.608. The molecule has 3 N–H and O–H groups in total. The van der Waals surface area contributed by atoms with Crippen molar-refractivity contribution in [3.63, 3.8) is 0 Å². The van der Waals surface area contributed by atoms with E-state index in [1.807, 2.05) is 19.9 Å². The lowest BCUT2D eigenvalue weighted by molar-refractivity contribution is -0.384. The number of nitrogens with one attached hydrogen (secondary N) is 2. The van der Waals surface area contributed by atoms with E-state index in [4.69, 9.17) is 0 Å². The van der Waals surface area contributed by atoms with Gasteiger partial charge < -0.3 is 15.7 Å². The molecule has 0 atom stereocenters. The van der Waals surface area contributed by atoms with Crippen LogP contribution in [0.15, 0.2) is 48.5 Å². The van der Waals surface area contributed by atoms with Crippen LogP contribution < -0.4 is 10.6 Å². The molecule has 1 heterocycles. The molecular weight excluding hydrogens is 362 g/mol. The number of nitro benzene ring substituents is 1. The maximum Gasteiger partial charge on any atom is 0.271 e. The number of phenols is 1. The first-order valence-electron chi connectivity index (χ1n) is 8.30. The Morgan fingerprint density at radius 2 is 1.79 bits per heavy atom. The summed E-state index contributed by atoms with van der Waals surface area (Å²) in [6.07, 6.45) is 0. The van der Waals surface area contributed by atoms with Crippen molar-refractivity contribution in [1.82, 2.24) is 9.97 Å². The van der Waals surface area contributed by atoms with Gasteiger partial charge in [-0.2, -0.15) is 0 Å². The molecular formula is C19H17N5O4. The fourth-order valence-electron chi connectivity index (χ4n) is 2.58. The summed E-state index contributed by atoms with van der Waals surface area (Å²) in [7, 11) is 0. The van der Waals surface area contributed by atoms with Crippen LogP contribution >= 0.6 is 0 Å². The number of aromatic nitrogens is 2. The van der Waals surface area contributed by atoms with Gasteiger partial charge in [0.1, 0.15) is 5.75 Å². The van der Waals surface area contributed by atoms with Crippen molar-refractivity contribution in [2.45, 2.75) is 13.8 Å². The second-order valence-corrected chi connectivity index (χ2v) is 6.09. The van der Waals surface area contributed by atoms with E-state index in [0.29, 0.717) is 17.2 Å². The molecule has 9 nitrogen and oxygen atoms in total. The molecule has 0 spiro atoms. The highest BCUT2D eigenvalue weighted by atomic mass is 16.6. The summed E-state index contributed by atoms with van der Waals surface area (Å²) < 4.78 is 0. The Hall–Kier alpha value is -4.01. The smallest absolute Gasteiger partial charge is 0.271 e. The number of benzene rings is 2. The monoisotopic (exact) mass is 379 g/mol. The van der Waals surface area contributed by atoms with Crippen LogP contribution in [-0.2, 0) is 0 Å². The van der Waals surface area contributed by atoms with E-state index in [1.54, 1.807) is 24.3 Å². The Morgan fingerprint density at radius 3 is 2.46 bits per heavy atom. The van der Waals surface area contributed by atoms with Gasteiger partial charge in [-0.3, -0.25) is 14.9 Å². The van der Waals surface area contributed by atoms with Gasteiger partial charge in [0.05, 0.1) is 10.6 Å². The van der Waals surface area contributed by atoms with E-state index < -0.39 is 10.8 Å². The van der Waals surface area contributed by atoms with Crippen molar-refractivity contribution in [2.75, 3.05) is 10.6 Å². The van der Waals surface area contributed by atoms with Crippen molar-refractivity contribution < 1.29 is 14.8 Å². The fourth-order valence-corrected chi connectivity index (χ4v) is 2.58. The number of amides is 1. The largest absolute Gasteiger partial charge is 0.506 e. The number of carbonyl (C=O) groups excluding carboxylic acids is 1. The van der Waals surface area contributed by atoms with Crippen LogP contribution in [0.1, 0.15) is 21.7 Å². The van der Waals surface area contributed by atoms with Gasteiger partial charge in [-0.15, -0.1) is 0 Å². The summed E-state index contributed by atoms with van der Waals surface area (Å²) in [5, 5.41) is 26.2. The molecule has 9 heteroatoms. The number of anilines is 3. The summed E-state index contributed by atoms with van der Waals surface area (Å²) >= 11 is 0. The van der Waals surface area contributed by atoms with E-state index in [2.05, 4.69) is 20.6 Å². The van der Waals surface area contributed by atoms with Crippen molar-refractivity contribution in [1.29, 1.82) is 0 Å². The van der Waals surface area contributed by atoms with Crippen LogP contribution in [0.2, 0.25) is 0 Å². The number of phenolic OH excluding ortho intramolecular Hbond substituents is 1. The van der Waals surface area contributed by atoms with Crippen molar-refractivity contribution in [3.05, 3.63) is 75.6 Å². The van der Waals surface area contributed by atoms with Gasteiger partial charge in [0.25, 0.3) is 11.6 Å². The van der Waals surface area contributed by atoms with Crippen molar-refractivity contribution in [2.24, 2.45) is 0 Å². The number of rotatable bonds is 5. The number of aromatic hydroxyl groups is 1. The van der Waals surface area contributed by atoms with Crippen LogP contribution in [0.25, 0.3) is 0 Å². The molecule has 1 amide bonds. The van der Waals surface area contributed by atoms with Gasteiger partial charge in [-0.05, 0) is 44.2 Å². The first-order valence-corrected chi connectivity index (χ1v) is 8.30. The highest BCUT2D eigenvalue weighted by Gasteiger charge is 2.14. The van der Waals surface area contributed by atoms with Crippen LogP contribution in [0.4, 0.5) is 23.0 Å². The molecule has 28 heavy (non-hydrogen) atoms. The van der Waals surface area contributed by atoms with E-state index >= 15 is 0 Å². The quantitative estimate of drug-likeness (QED) is 0.350. The predicted molar refractivity (Wildman–Crippen MR) is 104 cm³/mol. The summed E-state index contributed by atoms with van der Waals surface area (Å²) in [4.78, 5) is 31.4. The first kappa shape index (κ1) is 18.8. The number of carbonyl (C=O) groups is 1. The van der Waals surface area contributed by atoms with Crippen molar-refractivity contribution in [3.8, 4) is 5.75 Å². The van der Waals surface area contributed by atoms with E-state index in [-0.39, 0.29) is 17.1 Å². The second kappa shape index (κ2) is 7.70. The lowest BCUT2D eigenvalue weighted by Gasteiger charge is -2.10. The third-order valence-electron chi connectivity index (χ3n) is 3.80. The van der Waals surface area contributed by atoms with E-state index in [1.165, 1.54) is 0 Å². The highest BCUT2D eigenvalue weighted by Crippen LogP contribution is 2.28. The predicted octanol–water partition coefficient (Wildman–Crippen LogP) is 3.70. The Balaban J connectivity index is 1.81. The van der Waals surface area contributed by atoms with Crippen LogP contribution in [0.5, 0.6) is 5.75 Å². The molecule has 1 aromatic heterocycles. The molecule has 0 aliphatic carbocycles. The minimum Gasteiger partial charge on any atom is -0.506 e. The summed E-state index contributed by atoms with van der Waals surface area (Å²) in [5.74, 6) is -0.385. The lowest BCUT2D eigenvalue weighted by atomic mass is 10.1. The molecule has 0 aliphatic rings. The minimum absolute atomic E-state index is 0.0461. The Labute approximate surface area is 160 Å². The zero-order valence-electron chi connectivity index (χ0n) is 15.1. The topological polar surface area (TPSA) is 130 Å². The average Bonchev–Trinajstić information content (AvgIpc) is 2.62. The maximum atomic E-state index is 12.5. The molecule has 142 valence electrons. The number of hydrogen-bond donors (Lipinski definition) is 3. The van der Waals surface area contributed by atoms with Gasteiger partial charge >= 0.3 is 0 Å². The molecule has 0 bridgehead atoms. The number of aryl methyl sites for hydroxylation is 2. The molecule has 0 saturated carbocycles.